The van der Waals surface area contributed by atoms with E-state index in [0.717, 1.165) is 12.2 Å². The van der Waals surface area contributed by atoms with E-state index in [1.165, 1.54) is 24.4 Å². The topological polar surface area (TPSA) is 101 Å². The molecule has 0 bridgehead atoms. The van der Waals surface area contributed by atoms with E-state index in [1.54, 1.807) is 6.92 Å². The van der Waals surface area contributed by atoms with Crippen LogP contribution >= 0.6 is 11.6 Å². The summed E-state index contributed by atoms with van der Waals surface area (Å²) in [4.78, 5) is 17.2. The number of pyridine rings is 1. The number of rotatable bonds is 6. The molecule has 0 saturated heterocycles. The Kier molecular flexibility index (Phi) is 5.85. The lowest BCUT2D eigenvalue weighted by atomic mass is 10.2. The first kappa shape index (κ1) is 20.7. The van der Waals surface area contributed by atoms with E-state index < -0.39 is 33.6 Å². The molecule has 152 valence electrons. The molecule has 0 amide bonds. The van der Waals surface area contributed by atoms with Crippen molar-refractivity contribution in [2.24, 2.45) is 0 Å². The van der Waals surface area contributed by atoms with Crippen LogP contribution in [0.2, 0.25) is 5.02 Å². The smallest absolute Gasteiger partial charge is 0.330 e. The lowest BCUT2D eigenvalue weighted by molar-refractivity contribution is -0.137. The molecule has 0 saturated carbocycles. The molecular formula is C18H14ClF2N3O4S. The van der Waals surface area contributed by atoms with Gasteiger partial charge >= 0.3 is 5.97 Å². The highest BCUT2D eigenvalue weighted by Crippen LogP contribution is 2.27. The molecule has 0 unspecified atom stereocenters. The minimum atomic E-state index is -4.28. The molecule has 3 rings (SSSR count). The van der Waals surface area contributed by atoms with Crippen molar-refractivity contribution in [1.82, 2.24) is 9.97 Å². The van der Waals surface area contributed by atoms with Crippen molar-refractivity contribution in [3.05, 3.63) is 58.9 Å². The van der Waals surface area contributed by atoms with Crippen molar-refractivity contribution in [2.75, 3.05) is 11.3 Å². The molecule has 0 aliphatic rings. The summed E-state index contributed by atoms with van der Waals surface area (Å²) in [6.07, 6.45) is 3.09. The highest BCUT2D eigenvalue weighted by atomic mass is 35.5. The zero-order chi connectivity index (χ0) is 21.2. The van der Waals surface area contributed by atoms with Gasteiger partial charge in [0, 0.05) is 33.8 Å². The number of esters is 1. The van der Waals surface area contributed by atoms with E-state index in [-0.39, 0.29) is 17.1 Å². The number of carbonyl (C=O) groups excluding carboxylic acids is 1. The van der Waals surface area contributed by atoms with Crippen LogP contribution in [0.4, 0.5) is 14.6 Å². The van der Waals surface area contributed by atoms with Gasteiger partial charge < -0.3 is 9.72 Å². The van der Waals surface area contributed by atoms with Gasteiger partial charge in [0.25, 0.3) is 10.0 Å². The highest BCUT2D eigenvalue weighted by molar-refractivity contribution is 7.93. The summed E-state index contributed by atoms with van der Waals surface area (Å²) in [6.45, 7) is 1.72. The second kappa shape index (κ2) is 8.18. The van der Waals surface area contributed by atoms with Crippen molar-refractivity contribution >= 4 is 50.4 Å². The predicted octanol–water partition coefficient (Wildman–Crippen LogP) is 3.87. The molecule has 2 heterocycles. The van der Waals surface area contributed by atoms with Crippen LogP contribution in [-0.2, 0) is 19.6 Å². The Morgan fingerprint density at radius 3 is 2.83 bits per heavy atom. The van der Waals surface area contributed by atoms with Gasteiger partial charge in [0.05, 0.1) is 6.61 Å². The number of anilines is 1. The molecule has 2 N–H and O–H groups in total. The Morgan fingerprint density at radius 2 is 2.10 bits per heavy atom. The monoisotopic (exact) mass is 441 g/mol. The normalized spacial score (nSPS) is 11.9. The molecule has 0 aliphatic carbocycles. The SMILES string of the molecule is CCOC(=O)/C=C/c1cc(F)c(NS(=O)(=O)c2c[nH]c3cc(Cl)ccc23)nc1F. The van der Waals surface area contributed by atoms with E-state index >= 15 is 0 Å². The van der Waals surface area contributed by atoms with Crippen LogP contribution < -0.4 is 4.72 Å². The number of hydrogen-bond acceptors (Lipinski definition) is 5. The number of aromatic nitrogens is 2. The van der Waals surface area contributed by atoms with E-state index in [4.69, 9.17) is 11.6 Å². The molecule has 0 aliphatic heterocycles. The van der Waals surface area contributed by atoms with E-state index in [2.05, 4.69) is 14.7 Å². The maximum absolute atomic E-state index is 14.3. The number of H-pyrrole nitrogens is 1. The first-order valence-electron chi connectivity index (χ1n) is 8.21. The third kappa shape index (κ3) is 4.54. The van der Waals surface area contributed by atoms with Crippen molar-refractivity contribution in [3.8, 4) is 0 Å². The van der Waals surface area contributed by atoms with E-state index in [9.17, 15) is 22.0 Å². The zero-order valence-electron chi connectivity index (χ0n) is 14.9. The van der Waals surface area contributed by atoms with Crippen molar-refractivity contribution < 1.29 is 26.7 Å². The van der Waals surface area contributed by atoms with Crippen LogP contribution in [0.5, 0.6) is 0 Å². The average molecular weight is 442 g/mol. The summed E-state index contributed by atoms with van der Waals surface area (Å²) < 4.78 is 60.3. The quantitative estimate of drug-likeness (QED) is 0.343. The van der Waals surface area contributed by atoms with E-state index in [0.29, 0.717) is 22.0 Å². The number of benzene rings is 1. The third-order valence-corrected chi connectivity index (χ3v) is 5.38. The predicted molar refractivity (Wildman–Crippen MR) is 104 cm³/mol. The number of aromatic amines is 1. The number of nitrogens with zero attached hydrogens (tertiary/aromatic N) is 1. The largest absolute Gasteiger partial charge is 0.463 e. The Morgan fingerprint density at radius 1 is 1.34 bits per heavy atom. The first-order valence-corrected chi connectivity index (χ1v) is 10.1. The second-order valence-corrected chi connectivity index (χ2v) is 7.82. The van der Waals surface area contributed by atoms with Crippen LogP contribution in [0.15, 0.2) is 41.4 Å². The Labute approximate surface area is 169 Å². The minimum absolute atomic E-state index is 0.124. The third-order valence-electron chi connectivity index (χ3n) is 3.77. The Balaban J connectivity index is 1.91. The van der Waals surface area contributed by atoms with Crippen LogP contribution in [-0.4, -0.2) is 31.0 Å². The van der Waals surface area contributed by atoms with Crippen LogP contribution in [0.3, 0.4) is 0 Å². The number of sulfonamides is 1. The number of nitrogens with one attached hydrogen (secondary N) is 2. The number of hydrogen-bond donors (Lipinski definition) is 2. The number of fused-ring (bicyclic) bond motifs is 1. The summed E-state index contributed by atoms with van der Waals surface area (Å²) in [5, 5.41) is 0.717. The van der Waals surface area contributed by atoms with Crippen molar-refractivity contribution in [3.63, 3.8) is 0 Å². The molecule has 2 aromatic heterocycles. The number of carbonyl (C=O) groups is 1. The number of halogens is 3. The van der Waals surface area contributed by atoms with E-state index in [1.807, 2.05) is 4.72 Å². The van der Waals surface area contributed by atoms with Crippen molar-refractivity contribution in [2.45, 2.75) is 11.8 Å². The molecule has 7 nitrogen and oxygen atoms in total. The molecular weight excluding hydrogens is 428 g/mol. The summed E-state index contributed by atoms with van der Waals surface area (Å²) in [7, 11) is -4.28. The molecule has 29 heavy (non-hydrogen) atoms. The zero-order valence-corrected chi connectivity index (χ0v) is 16.4. The van der Waals surface area contributed by atoms with Gasteiger partial charge in [-0.05, 0) is 37.3 Å². The summed E-state index contributed by atoms with van der Waals surface area (Å²) in [5.41, 5.74) is 0.108. The lowest BCUT2D eigenvalue weighted by Crippen LogP contribution is -2.15. The maximum atomic E-state index is 14.3. The molecule has 0 fully saturated rings. The Bertz CT molecular complexity index is 1230. The molecule has 0 atom stereocenters. The average Bonchev–Trinajstić information content (AvgIpc) is 3.07. The van der Waals surface area contributed by atoms with Gasteiger partial charge in [0.2, 0.25) is 5.95 Å². The molecule has 3 aromatic rings. The fourth-order valence-corrected chi connectivity index (χ4v) is 3.85. The number of ether oxygens (including phenoxy) is 1. The lowest BCUT2D eigenvalue weighted by Gasteiger charge is -2.08. The fourth-order valence-electron chi connectivity index (χ4n) is 2.49. The standard InChI is InChI=1S/C18H14ClF2N3O4S/c1-2-28-16(25)6-3-10-7-13(20)18(23-17(10)21)24-29(26,27)15-9-22-14-8-11(19)4-5-12(14)15/h3-9,22H,2H2,1H3,(H,23,24)/b6-3+. The van der Waals surface area contributed by atoms with Gasteiger partial charge in [0.1, 0.15) is 4.90 Å². The van der Waals surface area contributed by atoms with Gasteiger partial charge in [-0.2, -0.15) is 9.37 Å². The fraction of sp³-hybridized carbons (Fsp3) is 0.111. The second-order valence-electron chi connectivity index (χ2n) is 5.73. The maximum Gasteiger partial charge on any atom is 0.330 e. The van der Waals surface area contributed by atoms with Crippen molar-refractivity contribution in [1.29, 1.82) is 0 Å². The molecule has 0 spiro atoms. The molecule has 1 aromatic carbocycles. The van der Waals surface area contributed by atoms with Gasteiger partial charge in [0.15, 0.2) is 11.6 Å². The van der Waals surface area contributed by atoms with Gasteiger partial charge in [-0.1, -0.05) is 11.6 Å². The van der Waals surface area contributed by atoms with Crippen LogP contribution in [0.1, 0.15) is 12.5 Å². The molecule has 11 heteroatoms. The Hall–Kier alpha value is -2.98. The van der Waals surface area contributed by atoms with Gasteiger partial charge in [-0.25, -0.2) is 17.6 Å². The van der Waals surface area contributed by atoms with Gasteiger partial charge in [-0.3, -0.25) is 4.72 Å². The summed E-state index contributed by atoms with van der Waals surface area (Å²) in [6, 6.07) is 5.22. The first-order chi connectivity index (χ1) is 13.7. The minimum Gasteiger partial charge on any atom is -0.463 e. The summed E-state index contributed by atoms with van der Waals surface area (Å²) in [5.74, 6) is -3.85. The highest BCUT2D eigenvalue weighted by Gasteiger charge is 2.22. The summed E-state index contributed by atoms with van der Waals surface area (Å²) >= 11 is 5.87. The molecule has 0 radical (unpaired) electrons. The van der Waals surface area contributed by atoms with Crippen LogP contribution in [0.25, 0.3) is 17.0 Å². The van der Waals surface area contributed by atoms with Crippen LogP contribution in [0, 0.1) is 11.8 Å². The van der Waals surface area contributed by atoms with Gasteiger partial charge in [-0.15, -0.1) is 0 Å².